The molecule has 23 heavy (non-hydrogen) atoms. The summed E-state index contributed by atoms with van der Waals surface area (Å²) in [5.74, 6) is 2.05. The number of hydrogen-bond acceptors (Lipinski definition) is 4. The molecule has 2 heterocycles. The molecule has 122 valence electrons. The summed E-state index contributed by atoms with van der Waals surface area (Å²) < 4.78 is 2.14. The van der Waals surface area contributed by atoms with Crippen LogP contribution in [0.5, 0.6) is 0 Å². The van der Waals surface area contributed by atoms with Gasteiger partial charge >= 0.3 is 0 Å². The molecular weight excluding hydrogens is 308 g/mol. The lowest BCUT2D eigenvalue weighted by atomic mass is 10.1. The molecular formula is C17H22N4OS. The first kappa shape index (κ1) is 16.1. The number of thioether (sulfide) groups is 1. The molecule has 1 aliphatic heterocycles. The molecule has 1 aliphatic rings. The van der Waals surface area contributed by atoms with Crippen LogP contribution in [0, 0.1) is 6.92 Å². The molecule has 3 rings (SSSR count). The van der Waals surface area contributed by atoms with E-state index < -0.39 is 0 Å². The van der Waals surface area contributed by atoms with Gasteiger partial charge in [0.2, 0.25) is 5.91 Å². The second kappa shape index (κ2) is 7.17. The third kappa shape index (κ3) is 3.58. The van der Waals surface area contributed by atoms with Gasteiger partial charge in [-0.1, -0.05) is 35.5 Å². The van der Waals surface area contributed by atoms with E-state index in [0.717, 1.165) is 48.4 Å². The molecule has 6 heteroatoms. The molecule has 1 aromatic carbocycles. The number of rotatable bonds is 6. The van der Waals surface area contributed by atoms with Crippen LogP contribution in [0.1, 0.15) is 25.3 Å². The molecule has 5 nitrogen and oxygen atoms in total. The zero-order valence-electron chi connectivity index (χ0n) is 13.7. The third-order valence-electron chi connectivity index (χ3n) is 4.07. The summed E-state index contributed by atoms with van der Waals surface area (Å²) in [6.07, 6.45) is 1.69. The number of likely N-dealkylation sites (tertiary alicyclic amines) is 1. The average Bonchev–Trinajstić information content (AvgIpc) is 3.14. The van der Waals surface area contributed by atoms with Crippen LogP contribution >= 0.6 is 11.8 Å². The summed E-state index contributed by atoms with van der Waals surface area (Å²) in [5.41, 5.74) is 2.32. The third-order valence-corrected chi connectivity index (χ3v) is 5.02. The van der Waals surface area contributed by atoms with Crippen LogP contribution in [-0.2, 0) is 11.3 Å². The van der Waals surface area contributed by atoms with Gasteiger partial charge in [-0.15, -0.1) is 10.2 Å². The van der Waals surface area contributed by atoms with Crippen molar-refractivity contribution in [3.8, 4) is 11.4 Å². The number of benzene rings is 1. The molecule has 0 N–H and O–H groups in total. The number of carbonyl (C=O) groups excluding carboxylic acids is 1. The van der Waals surface area contributed by atoms with Gasteiger partial charge in [0.05, 0.1) is 0 Å². The van der Waals surface area contributed by atoms with E-state index in [1.165, 1.54) is 5.56 Å². The monoisotopic (exact) mass is 330 g/mol. The van der Waals surface area contributed by atoms with E-state index in [-0.39, 0.29) is 5.91 Å². The Hall–Kier alpha value is -1.82. The predicted molar refractivity (Wildman–Crippen MR) is 92.4 cm³/mol. The summed E-state index contributed by atoms with van der Waals surface area (Å²) in [6, 6.07) is 8.33. The summed E-state index contributed by atoms with van der Waals surface area (Å²) in [6.45, 7) is 6.71. The van der Waals surface area contributed by atoms with Crippen molar-refractivity contribution in [1.29, 1.82) is 0 Å². The lowest BCUT2D eigenvalue weighted by Crippen LogP contribution is -2.27. The number of amides is 1. The van der Waals surface area contributed by atoms with Gasteiger partial charge in [-0.05, 0) is 26.3 Å². The highest BCUT2D eigenvalue weighted by atomic mass is 32.2. The maximum Gasteiger partial charge on any atom is 0.222 e. The zero-order chi connectivity index (χ0) is 16.2. The lowest BCUT2D eigenvalue weighted by molar-refractivity contribution is -0.127. The smallest absolute Gasteiger partial charge is 0.222 e. The van der Waals surface area contributed by atoms with Gasteiger partial charge in [0.15, 0.2) is 11.0 Å². The van der Waals surface area contributed by atoms with E-state index in [1.54, 1.807) is 11.8 Å². The van der Waals surface area contributed by atoms with Gasteiger partial charge in [0, 0.05) is 37.4 Å². The minimum Gasteiger partial charge on any atom is -0.342 e. The highest BCUT2D eigenvalue weighted by molar-refractivity contribution is 7.99. The Morgan fingerprint density at radius 1 is 1.30 bits per heavy atom. The topological polar surface area (TPSA) is 51.0 Å². The van der Waals surface area contributed by atoms with Crippen molar-refractivity contribution < 1.29 is 4.79 Å². The van der Waals surface area contributed by atoms with E-state index >= 15 is 0 Å². The van der Waals surface area contributed by atoms with Crippen molar-refractivity contribution >= 4 is 17.7 Å². The maximum atomic E-state index is 11.6. The fraction of sp³-hybridized carbons (Fsp3) is 0.471. The minimum absolute atomic E-state index is 0.281. The molecule has 0 saturated carbocycles. The highest BCUT2D eigenvalue weighted by Gasteiger charge is 2.20. The van der Waals surface area contributed by atoms with Crippen molar-refractivity contribution in [2.24, 2.45) is 0 Å². The van der Waals surface area contributed by atoms with E-state index in [2.05, 4.69) is 46.8 Å². The predicted octanol–water partition coefficient (Wildman–Crippen LogP) is 2.99. The van der Waals surface area contributed by atoms with Crippen LogP contribution in [0.3, 0.4) is 0 Å². The van der Waals surface area contributed by atoms with E-state index in [4.69, 9.17) is 0 Å². The van der Waals surface area contributed by atoms with Crippen molar-refractivity contribution in [1.82, 2.24) is 19.7 Å². The van der Waals surface area contributed by atoms with Crippen LogP contribution in [-0.4, -0.2) is 44.4 Å². The average molecular weight is 330 g/mol. The maximum absolute atomic E-state index is 11.6. The SMILES string of the molecule is CCn1c(SCCN2CCCC2=O)nnc1-c1cccc(C)c1. The van der Waals surface area contributed by atoms with E-state index in [0.29, 0.717) is 6.42 Å². The van der Waals surface area contributed by atoms with Gasteiger partial charge in [0.1, 0.15) is 0 Å². The first-order valence-electron chi connectivity index (χ1n) is 8.10. The zero-order valence-corrected chi connectivity index (χ0v) is 14.5. The molecule has 1 amide bonds. The largest absolute Gasteiger partial charge is 0.342 e. The molecule has 1 fully saturated rings. The first-order chi connectivity index (χ1) is 11.2. The fourth-order valence-corrected chi connectivity index (χ4v) is 3.83. The molecule has 0 spiro atoms. The van der Waals surface area contributed by atoms with Crippen molar-refractivity contribution in [3.63, 3.8) is 0 Å². The number of aryl methyl sites for hydroxylation is 1. The molecule has 0 unspecified atom stereocenters. The molecule has 0 radical (unpaired) electrons. The number of hydrogen-bond donors (Lipinski definition) is 0. The number of carbonyl (C=O) groups is 1. The quantitative estimate of drug-likeness (QED) is 0.764. The van der Waals surface area contributed by atoms with Crippen LogP contribution in [0.25, 0.3) is 11.4 Å². The van der Waals surface area contributed by atoms with Crippen molar-refractivity contribution in [2.75, 3.05) is 18.8 Å². The van der Waals surface area contributed by atoms with E-state index in [9.17, 15) is 4.79 Å². The van der Waals surface area contributed by atoms with Crippen LogP contribution in [0.2, 0.25) is 0 Å². The Balaban J connectivity index is 1.69. The van der Waals surface area contributed by atoms with Gasteiger partial charge in [-0.2, -0.15) is 0 Å². The Kier molecular flexibility index (Phi) is 5.00. The standard InChI is InChI=1S/C17H22N4OS/c1-3-21-16(14-7-4-6-13(2)12-14)18-19-17(21)23-11-10-20-9-5-8-15(20)22/h4,6-7,12H,3,5,8-11H2,1-2H3. The Bertz CT molecular complexity index is 698. The summed E-state index contributed by atoms with van der Waals surface area (Å²) in [7, 11) is 0. The van der Waals surface area contributed by atoms with Crippen molar-refractivity contribution in [3.05, 3.63) is 29.8 Å². The van der Waals surface area contributed by atoms with Gasteiger partial charge in [-0.25, -0.2) is 0 Å². The van der Waals surface area contributed by atoms with E-state index in [1.807, 2.05) is 11.0 Å². The van der Waals surface area contributed by atoms with Crippen molar-refractivity contribution in [2.45, 2.75) is 38.4 Å². The minimum atomic E-state index is 0.281. The molecule has 0 aliphatic carbocycles. The second-order valence-electron chi connectivity index (χ2n) is 5.75. The summed E-state index contributed by atoms with van der Waals surface area (Å²) in [4.78, 5) is 13.6. The Labute approximate surface area is 141 Å². The molecule has 0 atom stereocenters. The van der Waals surface area contributed by atoms with Gasteiger partial charge < -0.3 is 9.47 Å². The van der Waals surface area contributed by atoms with Gasteiger partial charge in [0.25, 0.3) is 0 Å². The highest BCUT2D eigenvalue weighted by Crippen LogP contribution is 2.25. The van der Waals surface area contributed by atoms with Crippen LogP contribution in [0.15, 0.2) is 29.4 Å². The molecule has 2 aromatic rings. The van der Waals surface area contributed by atoms with Gasteiger partial charge in [-0.3, -0.25) is 4.79 Å². The Morgan fingerprint density at radius 2 is 2.17 bits per heavy atom. The lowest BCUT2D eigenvalue weighted by Gasteiger charge is -2.14. The molecule has 1 aromatic heterocycles. The van der Waals surface area contributed by atoms with Crippen LogP contribution < -0.4 is 0 Å². The first-order valence-corrected chi connectivity index (χ1v) is 9.08. The second-order valence-corrected chi connectivity index (χ2v) is 6.81. The summed E-state index contributed by atoms with van der Waals surface area (Å²) in [5, 5.41) is 9.65. The number of nitrogens with zero attached hydrogens (tertiary/aromatic N) is 4. The normalized spacial score (nSPS) is 14.7. The molecule has 0 bridgehead atoms. The van der Waals surface area contributed by atoms with Crippen LogP contribution in [0.4, 0.5) is 0 Å². The molecule has 1 saturated heterocycles. The summed E-state index contributed by atoms with van der Waals surface area (Å²) >= 11 is 1.68. The number of aromatic nitrogens is 3. The Morgan fingerprint density at radius 3 is 2.87 bits per heavy atom. The fourth-order valence-electron chi connectivity index (χ4n) is 2.87.